The minimum absolute atomic E-state index is 0.125. The van der Waals surface area contributed by atoms with Crippen LogP contribution in [0.5, 0.6) is 0 Å². The molecule has 2 bridgehead atoms. The Morgan fingerprint density at radius 1 is 1.47 bits per heavy atom. The summed E-state index contributed by atoms with van der Waals surface area (Å²) in [7, 11) is 0. The van der Waals surface area contributed by atoms with E-state index in [9.17, 15) is 4.79 Å². The highest BCUT2D eigenvalue weighted by molar-refractivity contribution is 5.69. The van der Waals surface area contributed by atoms with Gasteiger partial charge in [0.15, 0.2) is 0 Å². The van der Waals surface area contributed by atoms with E-state index in [2.05, 4.69) is 0 Å². The van der Waals surface area contributed by atoms with Crippen molar-refractivity contribution in [3.05, 3.63) is 0 Å². The molecule has 0 aromatic carbocycles. The summed E-state index contributed by atoms with van der Waals surface area (Å²) in [5.74, 6) is 0. The number of piperidine rings is 1. The van der Waals surface area contributed by atoms with E-state index in [1.165, 1.54) is 0 Å². The van der Waals surface area contributed by atoms with Crippen LogP contribution >= 0.6 is 0 Å². The summed E-state index contributed by atoms with van der Waals surface area (Å²) < 4.78 is 10.6. The number of hydrogen-bond donors (Lipinski definition) is 0. The highest BCUT2D eigenvalue weighted by Crippen LogP contribution is 2.48. The number of amides is 1. The van der Waals surface area contributed by atoms with Crippen molar-refractivity contribution in [2.45, 2.75) is 50.3 Å². The molecule has 2 atom stereocenters. The number of carbonyl (C=O) groups excluding carboxylic acids is 1. The van der Waals surface area contributed by atoms with Crippen molar-refractivity contribution in [3.8, 4) is 0 Å². The lowest BCUT2D eigenvalue weighted by atomic mass is 9.91. The van der Waals surface area contributed by atoms with Gasteiger partial charge in [-0.3, -0.25) is 0 Å². The third kappa shape index (κ3) is 1.42. The van der Waals surface area contributed by atoms with Crippen LogP contribution in [0.2, 0.25) is 0 Å². The Morgan fingerprint density at radius 3 is 2.53 bits per heavy atom. The first kappa shape index (κ1) is 9.46. The summed E-state index contributed by atoms with van der Waals surface area (Å²) in [5.41, 5.74) is 0.148. The van der Waals surface area contributed by atoms with E-state index in [1.54, 1.807) is 0 Å². The Hall–Kier alpha value is -0.770. The largest absolute Gasteiger partial charge is 0.450 e. The zero-order valence-electron chi connectivity index (χ0n) is 9.07. The Labute approximate surface area is 89.5 Å². The molecule has 0 aromatic rings. The van der Waals surface area contributed by atoms with E-state index in [-0.39, 0.29) is 11.7 Å². The van der Waals surface area contributed by atoms with Gasteiger partial charge in [-0.25, -0.2) is 4.79 Å². The smallest absolute Gasteiger partial charge is 0.410 e. The molecule has 3 aliphatic heterocycles. The van der Waals surface area contributed by atoms with Crippen molar-refractivity contribution in [1.29, 1.82) is 0 Å². The van der Waals surface area contributed by atoms with Crippen molar-refractivity contribution in [2.75, 3.05) is 13.2 Å². The van der Waals surface area contributed by atoms with Crippen LogP contribution in [0.4, 0.5) is 4.79 Å². The standard InChI is InChI=1S/C11H17NO3/c1-2-14-10(13)12-8-3-4-9(12)6-11(5-8)7-15-11/h8-9H,2-7H2,1H3. The van der Waals surface area contributed by atoms with Gasteiger partial charge < -0.3 is 14.4 Å². The molecule has 15 heavy (non-hydrogen) atoms. The van der Waals surface area contributed by atoms with Crippen LogP contribution in [-0.4, -0.2) is 41.9 Å². The molecule has 3 heterocycles. The lowest BCUT2D eigenvalue weighted by molar-refractivity contribution is 0.0515. The predicted octanol–water partition coefficient (Wildman–Crippen LogP) is 1.54. The molecule has 84 valence electrons. The minimum Gasteiger partial charge on any atom is -0.450 e. The first-order valence-corrected chi connectivity index (χ1v) is 5.83. The molecular formula is C11H17NO3. The van der Waals surface area contributed by atoms with Crippen molar-refractivity contribution >= 4 is 6.09 Å². The molecule has 0 N–H and O–H groups in total. The third-order valence-electron chi connectivity index (χ3n) is 3.87. The summed E-state index contributed by atoms with van der Waals surface area (Å²) in [5, 5.41) is 0. The zero-order valence-corrected chi connectivity index (χ0v) is 9.07. The normalized spacial score (nSPS) is 42.1. The van der Waals surface area contributed by atoms with Crippen LogP contribution in [0.1, 0.15) is 32.6 Å². The second-order valence-electron chi connectivity index (χ2n) is 4.87. The van der Waals surface area contributed by atoms with Crippen LogP contribution in [0.25, 0.3) is 0 Å². The molecule has 0 aromatic heterocycles. The first-order chi connectivity index (χ1) is 7.24. The van der Waals surface area contributed by atoms with Gasteiger partial charge in [-0.2, -0.15) is 0 Å². The van der Waals surface area contributed by atoms with Gasteiger partial charge in [0.25, 0.3) is 0 Å². The quantitative estimate of drug-likeness (QED) is 0.618. The fourth-order valence-electron chi connectivity index (χ4n) is 3.14. The van der Waals surface area contributed by atoms with E-state index in [0.29, 0.717) is 18.7 Å². The van der Waals surface area contributed by atoms with Crippen molar-refractivity contribution in [3.63, 3.8) is 0 Å². The van der Waals surface area contributed by atoms with Crippen LogP contribution in [-0.2, 0) is 9.47 Å². The van der Waals surface area contributed by atoms with E-state index in [0.717, 1.165) is 32.3 Å². The predicted molar refractivity (Wildman–Crippen MR) is 53.6 cm³/mol. The van der Waals surface area contributed by atoms with Crippen LogP contribution in [0, 0.1) is 0 Å². The average Bonchev–Trinajstić information content (AvgIpc) is 2.88. The van der Waals surface area contributed by atoms with Gasteiger partial charge in [-0.1, -0.05) is 0 Å². The maximum Gasteiger partial charge on any atom is 0.410 e. The van der Waals surface area contributed by atoms with Crippen LogP contribution in [0.15, 0.2) is 0 Å². The SMILES string of the molecule is CCOC(=O)N1C2CCC1CC1(CO1)C2. The Bertz CT molecular complexity index is 272. The van der Waals surface area contributed by atoms with Crippen molar-refractivity contribution in [2.24, 2.45) is 0 Å². The fourth-order valence-corrected chi connectivity index (χ4v) is 3.14. The molecule has 4 nitrogen and oxygen atoms in total. The number of ether oxygens (including phenoxy) is 2. The molecule has 1 spiro atoms. The van der Waals surface area contributed by atoms with E-state index < -0.39 is 0 Å². The lowest BCUT2D eigenvalue weighted by Crippen LogP contribution is -2.49. The minimum atomic E-state index is -0.125. The van der Waals surface area contributed by atoms with Gasteiger partial charge >= 0.3 is 6.09 Å². The second kappa shape index (κ2) is 3.11. The number of hydrogen-bond acceptors (Lipinski definition) is 3. The molecule has 3 saturated heterocycles. The first-order valence-electron chi connectivity index (χ1n) is 5.83. The number of carbonyl (C=O) groups is 1. The van der Waals surface area contributed by atoms with E-state index in [1.807, 2.05) is 11.8 Å². The van der Waals surface area contributed by atoms with E-state index >= 15 is 0 Å². The van der Waals surface area contributed by atoms with Gasteiger partial charge in [0.1, 0.15) is 0 Å². The van der Waals surface area contributed by atoms with Gasteiger partial charge in [0.05, 0.1) is 18.8 Å². The monoisotopic (exact) mass is 211 g/mol. The number of nitrogens with zero attached hydrogens (tertiary/aromatic N) is 1. The Morgan fingerprint density at radius 2 is 2.07 bits per heavy atom. The molecule has 2 unspecified atom stereocenters. The summed E-state index contributed by atoms with van der Waals surface area (Å²) in [6.07, 6.45) is 4.15. The topological polar surface area (TPSA) is 42.1 Å². The number of epoxide rings is 1. The fraction of sp³-hybridized carbons (Fsp3) is 0.909. The van der Waals surface area contributed by atoms with Crippen LogP contribution < -0.4 is 0 Å². The van der Waals surface area contributed by atoms with Gasteiger partial charge in [0.2, 0.25) is 0 Å². The van der Waals surface area contributed by atoms with Crippen LogP contribution in [0.3, 0.4) is 0 Å². The van der Waals surface area contributed by atoms with Gasteiger partial charge in [0, 0.05) is 12.1 Å². The molecular weight excluding hydrogens is 194 g/mol. The van der Waals surface area contributed by atoms with Crippen molar-refractivity contribution in [1.82, 2.24) is 4.90 Å². The highest BCUT2D eigenvalue weighted by atomic mass is 16.6. The third-order valence-corrected chi connectivity index (χ3v) is 3.87. The maximum absolute atomic E-state index is 11.8. The Balaban J connectivity index is 1.73. The summed E-state index contributed by atoms with van der Waals surface area (Å²) >= 11 is 0. The average molecular weight is 211 g/mol. The molecule has 3 fully saturated rings. The molecule has 1 amide bonds. The lowest BCUT2D eigenvalue weighted by Gasteiger charge is -2.36. The number of fused-ring (bicyclic) bond motifs is 2. The van der Waals surface area contributed by atoms with E-state index in [4.69, 9.17) is 9.47 Å². The zero-order chi connectivity index (χ0) is 10.5. The summed E-state index contributed by atoms with van der Waals surface area (Å²) in [6.45, 7) is 3.22. The maximum atomic E-state index is 11.8. The Kier molecular flexibility index (Phi) is 1.96. The molecule has 0 radical (unpaired) electrons. The second-order valence-corrected chi connectivity index (χ2v) is 4.87. The highest BCUT2D eigenvalue weighted by Gasteiger charge is 2.57. The molecule has 4 heteroatoms. The molecule has 3 aliphatic rings. The van der Waals surface area contributed by atoms with Crippen molar-refractivity contribution < 1.29 is 14.3 Å². The molecule has 3 rings (SSSR count). The molecule has 0 saturated carbocycles. The summed E-state index contributed by atoms with van der Waals surface area (Å²) in [6, 6.07) is 0.732. The number of rotatable bonds is 1. The summed E-state index contributed by atoms with van der Waals surface area (Å²) in [4.78, 5) is 13.7. The molecule has 0 aliphatic carbocycles. The van der Waals surface area contributed by atoms with Gasteiger partial charge in [-0.05, 0) is 32.6 Å². The van der Waals surface area contributed by atoms with Gasteiger partial charge in [-0.15, -0.1) is 0 Å².